The van der Waals surface area contributed by atoms with E-state index in [4.69, 9.17) is 5.73 Å². The van der Waals surface area contributed by atoms with E-state index in [1.54, 1.807) is 6.20 Å². The number of carbonyl (C=O) groups excluding carboxylic acids is 1. The minimum Gasteiger partial charge on any atom is -0.345 e. The topological polar surface area (TPSA) is 59.2 Å². The van der Waals surface area contributed by atoms with Crippen LogP contribution in [0.2, 0.25) is 0 Å². The fourth-order valence-electron chi connectivity index (χ4n) is 3.07. The van der Waals surface area contributed by atoms with Crippen LogP contribution in [-0.4, -0.2) is 35.9 Å². The van der Waals surface area contributed by atoms with Crippen LogP contribution in [0.4, 0.5) is 0 Å². The van der Waals surface area contributed by atoms with Gasteiger partial charge in [0.05, 0.1) is 5.41 Å². The van der Waals surface area contributed by atoms with Crippen LogP contribution in [0.5, 0.6) is 0 Å². The average Bonchev–Trinajstić information content (AvgIpc) is 2.53. The summed E-state index contributed by atoms with van der Waals surface area (Å²) in [5, 5.41) is 0. The SMILES string of the molecule is CN(CCc1ccccn1)C(=O)C1(CN)CCCCC1. The van der Waals surface area contributed by atoms with Crippen molar-refractivity contribution in [1.82, 2.24) is 9.88 Å². The van der Waals surface area contributed by atoms with Gasteiger partial charge < -0.3 is 10.6 Å². The third-order valence-electron chi connectivity index (χ3n) is 4.43. The molecule has 1 aromatic rings. The van der Waals surface area contributed by atoms with Crippen molar-refractivity contribution in [3.8, 4) is 0 Å². The lowest BCUT2D eigenvalue weighted by atomic mass is 9.73. The summed E-state index contributed by atoms with van der Waals surface area (Å²) in [6, 6.07) is 5.88. The van der Waals surface area contributed by atoms with E-state index in [9.17, 15) is 4.79 Å². The normalized spacial score (nSPS) is 17.7. The summed E-state index contributed by atoms with van der Waals surface area (Å²) >= 11 is 0. The number of nitrogens with zero attached hydrogens (tertiary/aromatic N) is 2. The van der Waals surface area contributed by atoms with E-state index in [-0.39, 0.29) is 11.3 Å². The average molecular weight is 275 g/mol. The molecule has 0 bridgehead atoms. The Balaban J connectivity index is 1.93. The predicted molar refractivity (Wildman–Crippen MR) is 80.2 cm³/mol. The predicted octanol–water partition coefficient (Wildman–Crippen LogP) is 1.99. The van der Waals surface area contributed by atoms with Crippen molar-refractivity contribution >= 4 is 5.91 Å². The molecule has 0 radical (unpaired) electrons. The quantitative estimate of drug-likeness (QED) is 0.894. The van der Waals surface area contributed by atoms with Crippen LogP contribution in [0.1, 0.15) is 37.8 Å². The Bertz CT molecular complexity index is 427. The molecular formula is C16H25N3O. The van der Waals surface area contributed by atoms with Crippen molar-refractivity contribution in [2.45, 2.75) is 38.5 Å². The molecule has 2 N–H and O–H groups in total. The van der Waals surface area contributed by atoms with Crippen molar-refractivity contribution < 1.29 is 4.79 Å². The van der Waals surface area contributed by atoms with E-state index in [2.05, 4.69) is 4.98 Å². The second-order valence-corrected chi connectivity index (χ2v) is 5.84. The van der Waals surface area contributed by atoms with Crippen LogP contribution in [0.25, 0.3) is 0 Å². The van der Waals surface area contributed by atoms with Gasteiger partial charge >= 0.3 is 0 Å². The number of likely N-dealkylation sites (N-methyl/N-ethyl adjacent to an activating group) is 1. The number of pyridine rings is 1. The zero-order chi connectivity index (χ0) is 14.4. The molecule has 1 amide bonds. The first-order valence-corrected chi connectivity index (χ1v) is 7.53. The Morgan fingerprint density at radius 1 is 1.35 bits per heavy atom. The van der Waals surface area contributed by atoms with E-state index in [0.29, 0.717) is 13.1 Å². The van der Waals surface area contributed by atoms with Gasteiger partial charge in [-0.3, -0.25) is 9.78 Å². The molecule has 1 heterocycles. The van der Waals surface area contributed by atoms with Gasteiger partial charge in [-0.2, -0.15) is 0 Å². The molecule has 4 nitrogen and oxygen atoms in total. The highest BCUT2D eigenvalue weighted by molar-refractivity contribution is 5.83. The Kier molecular flexibility index (Phi) is 5.12. The Morgan fingerprint density at radius 3 is 2.70 bits per heavy atom. The van der Waals surface area contributed by atoms with Gasteiger partial charge in [-0.25, -0.2) is 0 Å². The summed E-state index contributed by atoms with van der Waals surface area (Å²) in [5.41, 5.74) is 6.64. The summed E-state index contributed by atoms with van der Waals surface area (Å²) in [5.74, 6) is 0.218. The lowest BCUT2D eigenvalue weighted by Crippen LogP contribution is -2.48. The van der Waals surface area contributed by atoms with Crippen LogP contribution in [0.15, 0.2) is 24.4 Å². The molecule has 0 aromatic carbocycles. The van der Waals surface area contributed by atoms with E-state index < -0.39 is 0 Å². The fourth-order valence-corrected chi connectivity index (χ4v) is 3.07. The Hall–Kier alpha value is -1.42. The highest BCUT2D eigenvalue weighted by Crippen LogP contribution is 2.36. The molecule has 1 aromatic heterocycles. The van der Waals surface area contributed by atoms with Crippen molar-refractivity contribution in [3.05, 3.63) is 30.1 Å². The molecule has 2 rings (SSSR count). The van der Waals surface area contributed by atoms with E-state index in [1.807, 2.05) is 30.1 Å². The smallest absolute Gasteiger partial charge is 0.229 e. The minimum absolute atomic E-state index is 0.218. The number of aromatic nitrogens is 1. The third-order valence-corrected chi connectivity index (χ3v) is 4.43. The second kappa shape index (κ2) is 6.84. The highest BCUT2D eigenvalue weighted by atomic mass is 16.2. The van der Waals surface area contributed by atoms with Gasteiger partial charge in [0.15, 0.2) is 0 Å². The molecule has 1 aliphatic rings. The van der Waals surface area contributed by atoms with Gasteiger partial charge in [-0.05, 0) is 25.0 Å². The van der Waals surface area contributed by atoms with E-state index in [0.717, 1.165) is 37.8 Å². The summed E-state index contributed by atoms with van der Waals surface area (Å²) in [6.07, 6.45) is 7.94. The van der Waals surface area contributed by atoms with Crippen molar-refractivity contribution in [1.29, 1.82) is 0 Å². The van der Waals surface area contributed by atoms with Gasteiger partial charge in [0, 0.05) is 38.4 Å². The van der Waals surface area contributed by atoms with Crippen LogP contribution >= 0.6 is 0 Å². The molecule has 1 fully saturated rings. The molecule has 0 spiro atoms. The molecule has 1 saturated carbocycles. The number of hydrogen-bond acceptors (Lipinski definition) is 3. The summed E-state index contributed by atoms with van der Waals surface area (Å²) < 4.78 is 0. The maximum atomic E-state index is 12.7. The van der Waals surface area contributed by atoms with Gasteiger partial charge in [-0.1, -0.05) is 25.3 Å². The van der Waals surface area contributed by atoms with Gasteiger partial charge in [0.1, 0.15) is 0 Å². The number of hydrogen-bond donors (Lipinski definition) is 1. The molecule has 4 heteroatoms. The van der Waals surface area contributed by atoms with Crippen molar-refractivity contribution in [2.75, 3.05) is 20.1 Å². The third kappa shape index (κ3) is 3.37. The fraction of sp³-hybridized carbons (Fsp3) is 0.625. The molecular weight excluding hydrogens is 250 g/mol. The second-order valence-electron chi connectivity index (χ2n) is 5.84. The zero-order valence-electron chi connectivity index (χ0n) is 12.3. The van der Waals surface area contributed by atoms with Gasteiger partial charge in [0.25, 0.3) is 0 Å². The summed E-state index contributed by atoms with van der Waals surface area (Å²) in [4.78, 5) is 18.8. The summed E-state index contributed by atoms with van der Waals surface area (Å²) in [6.45, 7) is 1.18. The van der Waals surface area contributed by atoms with Crippen molar-refractivity contribution in [2.24, 2.45) is 11.1 Å². The summed E-state index contributed by atoms with van der Waals surface area (Å²) in [7, 11) is 1.89. The molecule has 0 unspecified atom stereocenters. The highest BCUT2D eigenvalue weighted by Gasteiger charge is 2.39. The first kappa shape index (κ1) is 15.0. The lowest BCUT2D eigenvalue weighted by molar-refractivity contribution is -0.142. The Morgan fingerprint density at radius 2 is 2.10 bits per heavy atom. The van der Waals surface area contributed by atoms with E-state index in [1.165, 1.54) is 6.42 Å². The van der Waals surface area contributed by atoms with Gasteiger partial charge in [0.2, 0.25) is 5.91 Å². The zero-order valence-corrected chi connectivity index (χ0v) is 12.3. The molecule has 1 aliphatic carbocycles. The lowest BCUT2D eigenvalue weighted by Gasteiger charge is -2.37. The maximum absolute atomic E-state index is 12.7. The van der Waals surface area contributed by atoms with Crippen LogP contribution in [0.3, 0.4) is 0 Å². The van der Waals surface area contributed by atoms with Crippen molar-refractivity contribution in [3.63, 3.8) is 0 Å². The molecule has 20 heavy (non-hydrogen) atoms. The molecule has 0 saturated heterocycles. The first-order chi connectivity index (χ1) is 9.68. The largest absolute Gasteiger partial charge is 0.345 e. The molecule has 110 valence electrons. The first-order valence-electron chi connectivity index (χ1n) is 7.53. The standard InChI is InChI=1S/C16H25N3O/c1-19(12-8-14-7-3-6-11-18-14)15(20)16(13-17)9-4-2-5-10-16/h3,6-7,11H,2,4-5,8-10,12-13,17H2,1H3. The molecule has 0 atom stereocenters. The van der Waals surface area contributed by atoms with Gasteiger partial charge in [-0.15, -0.1) is 0 Å². The van der Waals surface area contributed by atoms with E-state index >= 15 is 0 Å². The number of rotatable bonds is 5. The number of carbonyl (C=O) groups is 1. The van der Waals surface area contributed by atoms with Crippen LogP contribution in [-0.2, 0) is 11.2 Å². The monoisotopic (exact) mass is 275 g/mol. The Labute approximate surface area is 121 Å². The van der Waals surface area contributed by atoms with Crippen LogP contribution in [0, 0.1) is 5.41 Å². The number of amides is 1. The van der Waals surface area contributed by atoms with Crippen LogP contribution < -0.4 is 5.73 Å². The maximum Gasteiger partial charge on any atom is 0.229 e. The number of nitrogens with two attached hydrogens (primary N) is 1. The molecule has 0 aliphatic heterocycles. The minimum atomic E-state index is -0.308.